The molecule has 108 valence electrons. The molecule has 0 aliphatic heterocycles. The summed E-state index contributed by atoms with van der Waals surface area (Å²) >= 11 is 18.1. The minimum Gasteiger partial charge on any atom is -0.495 e. The Morgan fingerprint density at radius 1 is 1.14 bits per heavy atom. The maximum absolute atomic E-state index is 8.95. The number of methoxy groups -OCH3 is 1. The molecule has 0 spiro atoms. The van der Waals surface area contributed by atoms with E-state index in [2.05, 4.69) is 11.4 Å². The molecular weight excluding hydrogens is 331 g/mol. The zero-order valence-corrected chi connectivity index (χ0v) is 13.4. The first-order valence-electron chi connectivity index (χ1n) is 6.00. The fraction of sp³-hybridized carbons (Fsp3) is 0.133. The first-order valence-corrected chi connectivity index (χ1v) is 7.14. The maximum Gasteiger partial charge on any atom is 0.136 e. The lowest BCUT2D eigenvalue weighted by atomic mass is 10.1. The lowest BCUT2D eigenvalue weighted by Gasteiger charge is -2.12. The van der Waals surface area contributed by atoms with Gasteiger partial charge in [0.1, 0.15) is 11.8 Å². The number of ether oxygens (including phenoxy) is 1. The first-order chi connectivity index (χ1) is 10.0. The number of hydrogen-bond donors (Lipinski definition) is 1. The molecule has 0 atom stereocenters. The molecule has 0 aliphatic rings. The summed E-state index contributed by atoms with van der Waals surface area (Å²) in [4.78, 5) is 0. The minimum atomic E-state index is 0.452. The van der Waals surface area contributed by atoms with E-state index < -0.39 is 0 Å². The average molecular weight is 342 g/mol. The van der Waals surface area contributed by atoms with Crippen LogP contribution < -0.4 is 10.1 Å². The summed E-state index contributed by atoms with van der Waals surface area (Å²) in [5.74, 6) is 0.532. The second-order valence-electron chi connectivity index (χ2n) is 4.24. The SMILES string of the molecule is COc1cc(CNc2c(Cl)cc(Cl)cc2Cl)ccc1C#N. The molecule has 2 rings (SSSR count). The number of nitrogens with zero attached hydrogens (tertiary/aromatic N) is 1. The van der Waals surface area contributed by atoms with Gasteiger partial charge in [0.05, 0.1) is 28.4 Å². The van der Waals surface area contributed by atoms with E-state index in [1.807, 2.05) is 6.07 Å². The van der Waals surface area contributed by atoms with Crippen LogP contribution >= 0.6 is 34.8 Å². The van der Waals surface area contributed by atoms with Crippen molar-refractivity contribution in [3.05, 3.63) is 56.5 Å². The Hall–Kier alpha value is -1.60. The highest BCUT2D eigenvalue weighted by atomic mass is 35.5. The van der Waals surface area contributed by atoms with Gasteiger partial charge >= 0.3 is 0 Å². The number of benzene rings is 2. The Bertz CT molecular complexity index is 688. The van der Waals surface area contributed by atoms with Gasteiger partial charge in [-0.3, -0.25) is 0 Å². The van der Waals surface area contributed by atoms with Crippen molar-refractivity contribution < 1.29 is 4.74 Å². The van der Waals surface area contributed by atoms with Crippen molar-refractivity contribution in [1.82, 2.24) is 0 Å². The molecule has 0 amide bonds. The van der Waals surface area contributed by atoms with Crippen LogP contribution in [0.5, 0.6) is 5.75 Å². The number of halogens is 3. The Morgan fingerprint density at radius 2 is 1.81 bits per heavy atom. The van der Waals surface area contributed by atoms with E-state index in [9.17, 15) is 0 Å². The van der Waals surface area contributed by atoms with Crippen LogP contribution in [0.25, 0.3) is 0 Å². The van der Waals surface area contributed by atoms with E-state index in [0.29, 0.717) is 38.6 Å². The molecule has 21 heavy (non-hydrogen) atoms. The second-order valence-corrected chi connectivity index (χ2v) is 5.50. The van der Waals surface area contributed by atoms with E-state index in [0.717, 1.165) is 5.56 Å². The molecule has 0 heterocycles. The summed E-state index contributed by atoms with van der Waals surface area (Å²) in [6.45, 7) is 0.489. The Labute approximate surface area is 138 Å². The van der Waals surface area contributed by atoms with E-state index >= 15 is 0 Å². The topological polar surface area (TPSA) is 45.0 Å². The van der Waals surface area contributed by atoms with Gasteiger partial charge in [-0.15, -0.1) is 0 Å². The molecule has 0 saturated heterocycles. The average Bonchev–Trinajstić information content (AvgIpc) is 2.45. The zero-order chi connectivity index (χ0) is 15.4. The number of anilines is 1. The molecule has 6 heteroatoms. The minimum absolute atomic E-state index is 0.452. The lowest BCUT2D eigenvalue weighted by molar-refractivity contribution is 0.413. The molecule has 0 saturated carbocycles. The van der Waals surface area contributed by atoms with Crippen LogP contribution in [0, 0.1) is 11.3 Å². The summed E-state index contributed by atoms with van der Waals surface area (Å²) in [5, 5.41) is 13.5. The van der Waals surface area contributed by atoms with Crippen molar-refractivity contribution in [2.45, 2.75) is 6.54 Å². The van der Waals surface area contributed by atoms with Crippen LogP contribution in [0.15, 0.2) is 30.3 Å². The van der Waals surface area contributed by atoms with Crippen molar-refractivity contribution in [1.29, 1.82) is 5.26 Å². The first kappa shape index (κ1) is 15.8. The van der Waals surface area contributed by atoms with Gasteiger partial charge in [-0.05, 0) is 29.8 Å². The van der Waals surface area contributed by atoms with Gasteiger partial charge in [0.15, 0.2) is 0 Å². The fourth-order valence-electron chi connectivity index (χ4n) is 1.84. The zero-order valence-electron chi connectivity index (χ0n) is 11.1. The number of nitrogens with one attached hydrogen (secondary N) is 1. The fourth-order valence-corrected chi connectivity index (χ4v) is 2.79. The molecule has 0 radical (unpaired) electrons. The third kappa shape index (κ3) is 3.74. The monoisotopic (exact) mass is 340 g/mol. The molecule has 0 fully saturated rings. The van der Waals surface area contributed by atoms with Crippen molar-refractivity contribution in [3.63, 3.8) is 0 Å². The largest absolute Gasteiger partial charge is 0.495 e. The van der Waals surface area contributed by atoms with E-state index in [-0.39, 0.29) is 0 Å². The Kier molecular flexibility index (Phi) is 5.19. The molecule has 0 unspecified atom stereocenters. The second kappa shape index (κ2) is 6.91. The smallest absolute Gasteiger partial charge is 0.136 e. The summed E-state index contributed by atoms with van der Waals surface area (Å²) < 4.78 is 5.17. The molecule has 0 aliphatic carbocycles. The standard InChI is InChI=1S/C15H11Cl3N2O/c1-21-14-4-9(2-3-10(14)7-19)8-20-15-12(17)5-11(16)6-13(15)18/h2-6,20H,8H2,1H3. The van der Waals surface area contributed by atoms with E-state index in [1.54, 1.807) is 24.3 Å². The number of hydrogen-bond acceptors (Lipinski definition) is 3. The van der Waals surface area contributed by atoms with Crippen molar-refractivity contribution in [3.8, 4) is 11.8 Å². The van der Waals surface area contributed by atoms with Crippen LogP contribution in [0.2, 0.25) is 15.1 Å². The molecule has 0 aromatic heterocycles. The predicted molar refractivity (Wildman–Crippen MR) is 86.5 cm³/mol. The lowest BCUT2D eigenvalue weighted by Crippen LogP contribution is -2.01. The van der Waals surface area contributed by atoms with Crippen molar-refractivity contribution >= 4 is 40.5 Å². The summed E-state index contributed by atoms with van der Waals surface area (Å²) in [6.07, 6.45) is 0. The van der Waals surface area contributed by atoms with Crippen LogP contribution in [-0.4, -0.2) is 7.11 Å². The Morgan fingerprint density at radius 3 is 2.38 bits per heavy atom. The highest BCUT2D eigenvalue weighted by molar-refractivity contribution is 6.41. The van der Waals surface area contributed by atoms with Gasteiger partial charge in [-0.2, -0.15) is 5.26 Å². The normalized spacial score (nSPS) is 10.0. The van der Waals surface area contributed by atoms with Crippen LogP contribution in [0.4, 0.5) is 5.69 Å². The molecule has 1 N–H and O–H groups in total. The molecule has 2 aromatic carbocycles. The van der Waals surface area contributed by atoms with Gasteiger partial charge in [0.2, 0.25) is 0 Å². The molecular formula is C15H11Cl3N2O. The highest BCUT2D eigenvalue weighted by Gasteiger charge is 2.08. The van der Waals surface area contributed by atoms with E-state index in [4.69, 9.17) is 44.8 Å². The summed E-state index contributed by atoms with van der Waals surface area (Å²) in [7, 11) is 1.53. The van der Waals surface area contributed by atoms with Gasteiger partial charge in [0.25, 0.3) is 0 Å². The molecule has 0 bridgehead atoms. The third-order valence-corrected chi connectivity index (χ3v) is 3.68. The van der Waals surface area contributed by atoms with Crippen molar-refractivity contribution in [2.75, 3.05) is 12.4 Å². The van der Waals surface area contributed by atoms with Gasteiger partial charge in [0, 0.05) is 11.6 Å². The molecule has 3 nitrogen and oxygen atoms in total. The van der Waals surface area contributed by atoms with Crippen LogP contribution in [-0.2, 0) is 6.54 Å². The third-order valence-electron chi connectivity index (χ3n) is 2.86. The molecule has 2 aromatic rings. The van der Waals surface area contributed by atoms with Gasteiger partial charge < -0.3 is 10.1 Å². The Balaban J connectivity index is 2.19. The highest BCUT2D eigenvalue weighted by Crippen LogP contribution is 2.34. The van der Waals surface area contributed by atoms with E-state index in [1.165, 1.54) is 7.11 Å². The van der Waals surface area contributed by atoms with Crippen molar-refractivity contribution in [2.24, 2.45) is 0 Å². The number of nitriles is 1. The summed E-state index contributed by atoms with van der Waals surface area (Å²) in [5.41, 5.74) is 2.04. The van der Waals surface area contributed by atoms with Crippen LogP contribution in [0.3, 0.4) is 0 Å². The predicted octanol–water partition coefficient (Wildman–Crippen LogP) is 5.14. The van der Waals surface area contributed by atoms with Crippen LogP contribution in [0.1, 0.15) is 11.1 Å². The quantitative estimate of drug-likeness (QED) is 0.837. The number of rotatable bonds is 4. The summed E-state index contributed by atoms with van der Waals surface area (Å²) in [6, 6.07) is 10.7. The maximum atomic E-state index is 8.95. The van der Waals surface area contributed by atoms with Gasteiger partial charge in [-0.25, -0.2) is 0 Å². The van der Waals surface area contributed by atoms with Gasteiger partial charge in [-0.1, -0.05) is 40.9 Å².